The van der Waals surface area contributed by atoms with Gasteiger partial charge in [-0.3, -0.25) is 18.7 Å². The van der Waals surface area contributed by atoms with Gasteiger partial charge in [-0.15, -0.1) is 0 Å². The Bertz CT molecular complexity index is 839. The van der Waals surface area contributed by atoms with Crippen LogP contribution in [0.15, 0.2) is 39.9 Å². The number of nitrogens with one attached hydrogen (secondary N) is 1. The zero-order valence-corrected chi connectivity index (χ0v) is 13.5. The number of hydrogen-bond donors (Lipinski definition) is 3. The first kappa shape index (κ1) is 17.3. The summed E-state index contributed by atoms with van der Waals surface area (Å²) in [6.07, 6.45) is 0.673. The number of rotatable bonds is 7. The molecule has 5 N–H and O–H groups in total. The summed E-state index contributed by atoms with van der Waals surface area (Å²) in [7, 11) is 1.40. The zero-order valence-electron chi connectivity index (χ0n) is 13.5. The minimum Gasteiger partial charge on any atom is -0.383 e. The van der Waals surface area contributed by atoms with E-state index in [2.05, 4.69) is 5.32 Å². The maximum Gasteiger partial charge on any atom is 0.332 e. The number of amides is 1. The topological polar surface area (TPSA) is 125 Å². The van der Waals surface area contributed by atoms with E-state index in [1.54, 1.807) is 0 Å². The highest BCUT2D eigenvalue weighted by atomic mass is 16.2. The Kier molecular flexibility index (Phi) is 5.41. The van der Waals surface area contributed by atoms with Crippen molar-refractivity contribution in [3.63, 3.8) is 0 Å². The van der Waals surface area contributed by atoms with E-state index in [0.29, 0.717) is 13.0 Å². The van der Waals surface area contributed by atoms with E-state index in [-0.39, 0.29) is 24.5 Å². The maximum absolute atomic E-state index is 12.3. The number of hydrogen-bond acceptors (Lipinski definition) is 5. The van der Waals surface area contributed by atoms with E-state index in [9.17, 15) is 14.4 Å². The van der Waals surface area contributed by atoms with E-state index in [1.807, 2.05) is 30.3 Å². The van der Waals surface area contributed by atoms with E-state index in [1.165, 1.54) is 11.6 Å². The van der Waals surface area contributed by atoms with Gasteiger partial charge in [-0.05, 0) is 12.0 Å². The first-order valence-corrected chi connectivity index (χ1v) is 7.57. The summed E-state index contributed by atoms with van der Waals surface area (Å²) < 4.78 is 2.35. The first-order valence-electron chi connectivity index (χ1n) is 7.57. The summed E-state index contributed by atoms with van der Waals surface area (Å²) in [6.45, 7) is 0.613. The second-order valence-electron chi connectivity index (χ2n) is 5.48. The van der Waals surface area contributed by atoms with Crippen molar-refractivity contribution in [2.45, 2.75) is 19.4 Å². The van der Waals surface area contributed by atoms with Crippen molar-refractivity contribution in [3.05, 3.63) is 56.7 Å². The quantitative estimate of drug-likeness (QED) is 0.609. The lowest BCUT2D eigenvalue weighted by Gasteiger charge is -2.16. The van der Waals surface area contributed by atoms with Gasteiger partial charge in [0.1, 0.15) is 11.5 Å². The summed E-state index contributed by atoms with van der Waals surface area (Å²) >= 11 is 0. The fraction of sp³-hybridized carbons (Fsp3) is 0.312. The monoisotopic (exact) mass is 331 g/mol. The van der Waals surface area contributed by atoms with Crippen molar-refractivity contribution in [3.8, 4) is 0 Å². The molecule has 1 aromatic heterocycles. The predicted octanol–water partition coefficient (Wildman–Crippen LogP) is -0.145. The van der Waals surface area contributed by atoms with E-state index >= 15 is 0 Å². The van der Waals surface area contributed by atoms with Crippen molar-refractivity contribution in [2.24, 2.45) is 12.8 Å². The minimum atomic E-state index is -0.499. The van der Waals surface area contributed by atoms with Crippen LogP contribution in [0, 0.1) is 0 Å². The number of benzene rings is 1. The molecule has 0 saturated carbocycles. The van der Waals surface area contributed by atoms with Crippen LogP contribution in [-0.4, -0.2) is 21.6 Å². The molecule has 8 nitrogen and oxygen atoms in total. The van der Waals surface area contributed by atoms with Gasteiger partial charge in [0.25, 0.3) is 5.56 Å². The number of aromatic nitrogens is 2. The standard InChI is InChI=1S/C16H21N5O3/c1-20-15(23)13(19-9-5-8-12(17)22)14(18)21(16(20)24)10-11-6-3-2-4-7-11/h2-4,6-7,19H,5,8-10,18H2,1H3,(H2,17,22). The number of anilines is 2. The highest BCUT2D eigenvalue weighted by Crippen LogP contribution is 2.13. The number of nitrogens with two attached hydrogens (primary N) is 2. The summed E-state index contributed by atoms with van der Waals surface area (Å²) in [4.78, 5) is 35.4. The van der Waals surface area contributed by atoms with Crippen LogP contribution in [0.25, 0.3) is 0 Å². The molecule has 0 saturated heterocycles. The number of carbonyl (C=O) groups is 1. The highest BCUT2D eigenvalue weighted by molar-refractivity contribution is 5.73. The smallest absolute Gasteiger partial charge is 0.332 e. The van der Waals surface area contributed by atoms with Crippen molar-refractivity contribution in [1.82, 2.24) is 9.13 Å². The highest BCUT2D eigenvalue weighted by Gasteiger charge is 2.15. The molecule has 0 aliphatic heterocycles. The van der Waals surface area contributed by atoms with Crippen LogP contribution in [0.4, 0.5) is 11.5 Å². The number of primary amides is 1. The van der Waals surface area contributed by atoms with E-state index < -0.39 is 17.2 Å². The molecule has 0 aliphatic carbocycles. The summed E-state index contributed by atoms with van der Waals surface area (Å²) in [6, 6.07) is 9.35. The summed E-state index contributed by atoms with van der Waals surface area (Å²) in [5, 5.41) is 2.90. The predicted molar refractivity (Wildman–Crippen MR) is 92.8 cm³/mol. The van der Waals surface area contributed by atoms with Gasteiger partial charge in [0.05, 0.1) is 6.54 Å². The van der Waals surface area contributed by atoms with Gasteiger partial charge in [0.2, 0.25) is 5.91 Å². The lowest BCUT2D eigenvalue weighted by molar-refractivity contribution is -0.118. The molecule has 1 aromatic carbocycles. The van der Waals surface area contributed by atoms with Crippen molar-refractivity contribution in [2.75, 3.05) is 17.6 Å². The molecule has 0 bridgehead atoms. The largest absolute Gasteiger partial charge is 0.383 e. The molecule has 2 rings (SSSR count). The Labute approximate surface area is 138 Å². The Balaban J connectivity index is 2.33. The molecule has 128 valence electrons. The number of nitrogens with zero attached hydrogens (tertiary/aromatic N) is 2. The van der Waals surface area contributed by atoms with Gasteiger partial charge in [0.15, 0.2) is 0 Å². The second-order valence-corrected chi connectivity index (χ2v) is 5.48. The van der Waals surface area contributed by atoms with E-state index in [4.69, 9.17) is 11.5 Å². The first-order chi connectivity index (χ1) is 11.4. The Morgan fingerprint density at radius 1 is 1.21 bits per heavy atom. The molecule has 0 unspecified atom stereocenters. The molecule has 0 radical (unpaired) electrons. The molecule has 0 atom stereocenters. The molecule has 2 aromatic rings. The zero-order chi connectivity index (χ0) is 17.7. The SMILES string of the molecule is Cn1c(=O)c(NCCCC(N)=O)c(N)n(Cc2ccccc2)c1=O. The third kappa shape index (κ3) is 3.83. The van der Waals surface area contributed by atoms with Crippen LogP contribution in [-0.2, 0) is 18.4 Å². The van der Waals surface area contributed by atoms with Crippen molar-refractivity contribution < 1.29 is 4.79 Å². The van der Waals surface area contributed by atoms with Crippen LogP contribution >= 0.6 is 0 Å². The summed E-state index contributed by atoms with van der Waals surface area (Å²) in [5.74, 6) is -0.335. The van der Waals surface area contributed by atoms with Gasteiger partial charge in [-0.1, -0.05) is 30.3 Å². The average molecular weight is 331 g/mol. The molecule has 8 heteroatoms. The molecular weight excluding hydrogens is 310 g/mol. The second kappa shape index (κ2) is 7.49. The van der Waals surface area contributed by atoms with Crippen molar-refractivity contribution >= 4 is 17.4 Å². The van der Waals surface area contributed by atoms with E-state index in [0.717, 1.165) is 10.1 Å². The fourth-order valence-electron chi connectivity index (χ4n) is 2.34. The van der Waals surface area contributed by atoms with Crippen LogP contribution in [0.3, 0.4) is 0 Å². The van der Waals surface area contributed by atoms with Crippen LogP contribution in [0.2, 0.25) is 0 Å². The van der Waals surface area contributed by atoms with Crippen molar-refractivity contribution in [1.29, 1.82) is 0 Å². The average Bonchev–Trinajstić information content (AvgIpc) is 2.57. The molecule has 0 fully saturated rings. The van der Waals surface area contributed by atoms with Gasteiger partial charge in [0, 0.05) is 20.0 Å². The Morgan fingerprint density at radius 2 is 1.88 bits per heavy atom. The summed E-state index contributed by atoms with van der Waals surface area (Å²) in [5.41, 5.74) is 11.2. The molecule has 24 heavy (non-hydrogen) atoms. The van der Waals surface area contributed by atoms with Gasteiger partial charge < -0.3 is 16.8 Å². The van der Waals surface area contributed by atoms with Crippen LogP contribution in [0.5, 0.6) is 0 Å². The van der Waals surface area contributed by atoms with Gasteiger partial charge >= 0.3 is 5.69 Å². The Morgan fingerprint density at radius 3 is 2.50 bits per heavy atom. The third-order valence-corrected chi connectivity index (χ3v) is 3.67. The fourth-order valence-corrected chi connectivity index (χ4v) is 2.34. The lowest BCUT2D eigenvalue weighted by Crippen LogP contribution is -2.41. The maximum atomic E-state index is 12.3. The Hall–Kier alpha value is -3.03. The molecule has 1 heterocycles. The minimum absolute atomic E-state index is 0.0750. The normalized spacial score (nSPS) is 10.5. The van der Waals surface area contributed by atoms with Gasteiger partial charge in [-0.2, -0.15) is 0 Å². The molecule has 0 spiro atoms. The number of nitrogen functional groups attached to an aromatic ring is 1. The third-order valence-electron chi connectivity index (χ3n) is 3.67. The lowest BCUT2D eigenvalue weighted by atomic mass is 10.2. The van der Waals surface area contributed by atoms with Gasteiger partial charge in [-0.25, -0.2) is 4.79 Å². The van der Waals surface area contributed by atoms with Crippen LogP contribution in [0.1, 0.15) is 18.4 Å². The number of carbonyl (C=O) groups excluding carboxylic acids is 1. The van der Waals surface area contributed by atoms with Crippen LogP contribution < -0.4 is 28.0 Å². The molecule has 1 amide bonds. The molecule has 0 aliphatic rings. The molecular formula is C16H21N5O3.